The van der Waals surface area contributed by atoms with E-state index in [0.717, 1.165) is 11.1 Å². The molecule has 146 valence electrons. The van der Waals surface area contributed by atoms with Crippen LogP contribution in [0.4, 0.5) is 0 Å². The van der Waals surface area contributed by atoms with Gasteiger partial charge in [0, 0.05) is 16.7 Å². The van der Waals surface area contributed by atoms with Gasteiger partial charge in [-0.1, -0.05) is 77.5 Å². The summed E-state index contributed by atoms with van der Waals surface area (Å²) in [5.41, 5.74) is 1.77. The van der Waals surface area contributed by atoms with E-state index in [4.69, 9.17) is 39.8 Å². The van der Waals surface area contributed by atoms with Gasteiger partial charge in [-0.2, -0.15) is 0 Å². The molecule has 29 heavy (non-hydrogen) atoms. The molecule has 1 aromatic heterocycles. The van der Waals surface area contributed by atoms with Crippen molar-refractivity contribution in [2.45, 2.75) is 13.0 Å². The molecule has 4 rings (SSSR count). The largest absolute Gasteiger partial charge is 0.457 e. The summed E-state index contributed by atoms with van der Waals surface area (Å²) in [5, 5.41) is 1.06. The van der Waals surface area contributed by atoms with Crippen LogP contribution in [-0.4, -0.2) is 15.1 Å². The first-order valence-electron chi connectivity index (χ1n) is 8.81. The van der Waals surface area contributed by atoms with Gasteiger partial charge in [-0.05, 0) is 42.8 Å². The summed E-state index contributed by atoms with van der Waals surface area (Å²) >= 11 is 19.0. The minimum absolute atomic E-state index is 0.126. The lowest BCUT2D eigenvalue weighted by Crippen LogP contribution is -2.30. The number of nitrogens with zero attached hydrogens (tertiary/aromatic N) is 1. The molecule has 1 aliphatic heterocycles. The number of carbonyl (C=O) groups excluding carboxylic acids is 1. The fourth-order valence-corrected chi connectivity index (χ4v) is 4.99. The Bertz CT molecular complexity index is 1120. The van der Waals surface area contributed by atoms with E-state index in [1.807, 2.05) is 43.3 Å². The fourth-order valence-electron chi connectivity index (χ4n) is 3.09. The number of carbonyl (C=O) groups is 1. The minimum atomic E-state index is -0.144. The number of hydrogen-bond donors (Lipinski definition) is 0. The first kappa shape index (κ1) is 20.2. The second-order valence-corrected chi connectivity index (χ2v) is 8.98. The van der Waals surface area contributed by atoms with Gasteiger partial charge in [0.2, 0.25) is 0 Å². The van der Waals surface area contributed by atoms with Gasteiger partial charge in [-0.15, -0.1) is 0 Å². The van der Waals surface area contributed by atoms with E-state index >= 15 is 0 Å². The third-order valence-corrected chi connectivity index (χ3v) is 6.47. The average molecular weight is 460 g/mol. The van der Waals surface area contributed by atoms with E-state index in [1.165, 1.54) is 11.8 Å². The van der Waals surface area contributed by atoms with Gasteiger partial charge in [0.1, 0.15) is 15.8 Å². The zero-order valence-electron chi connectivity index (χ0n) is 15.3. The van der Waals surface area contributed by atoms with Crippen molar-refractivity contribution in [2.75, 3.05) is 0 Å². The molecule has 2 aromatic carbocycles. The first-order valence-corrected chi connectivity index (χ1v) is 10.8. The Hall–Kier alpha value is -2.05. The standard InChI is InChI=1S/C22H15Cl2NO2S2/c1-13(14-5-3-2-4-6-14)25-21(26)20(29-22(25)28)12-16-8-10-19(27-16)17-9-7-15(23)11-18(17)24/h2-13H,1H3. The molecule has 0 N–H and O–H groups in total. The molecule has 1 fully saturated rings. The lowest BCUT2D eigenvalue weighted by Gasteiger charge is -2.23. The Morgan fingerprint density at radius 2 is 1.86 bits per heavy atom. The van der Waals surface area contributed by atoms with Crippen LogP contribution in [0.25, 0.3) is 17.4 Å². The van der Waals surface area contributed by atoms with E-state index in [2.05, 4.69) is 0 Å². The SMILES string of the molecule is CC(c1ccccc1)N1C(=O)C(=Cc2ccc(-c3ccc(Cl)cc3Cl)o2)SC1=S. The maximum absolute atomic E-state index is 13.0. The van der Waals surface area contributed by atoms with E-state index in [0.29, 0.717) is 30.8 Å². The van der Waals surface area contributed by atoms with Crippen LogP contribution in [-0.2, 0) is 4.79 Å². The van der Waals surface area contributed by atoms with Gasteiger partial charge in [-0.3, -0.25) is 9.69 Å². The number of thioether (sulfide) groups is 1. The molecule has 0 radical (unpaired) electrons. The number of halogens is 2. The molecule has 0 aliphatic carbocycles. The van der Waals surface area contributed by atoms with Crippen molar-refractivity contribution in [3.05, 3.63) is 86.9 Å². The topological polar surface area (TPSA) is 33.5 Å². The van der Waals surface area contributed by atoms with Crippen LogP contribution in [0.3, 0.4) is 0 Å². The molecule has 0 spiro atoms. The van der Waals surface area contributed by atoms with Crippen LogP contribution < -0.4 is 0 Å². The normalized spacial score (nSPS) is 16.7. The molecule has 1 saturated heterocycles. The van der Waals surface area contributed by atoms with E-state index < -0.39 is 0 Å². The van der Waals surface area contributed by atoms with Crippen molar-refractivity contribution in [1.29, 1.82) is 0 Å². The number of benzene rings is 2. The zero-order valence-corrected chi connectivity index (χ0v) is 18.4. The Kier molecular flexibility index (Phi) is 5.83. The molecule has 1 atom stereocenters. The summed E-state index contributed by atoms with van der Waals surface area (Å²) < 4.78 is 6.42. The Morgan fingerprint density at radius 3 is 2.59 bits per heavy atom. The summed E-state index contributed by atoms with van der Waals surface area (Å²) in [6.45, 7) is 1.97. The van der Waals surface area contributed by atoms with Gasteiger partial charge >= 0.3 is 0 Å². The smallest absolute Gasteiger partial charge is 0.266 e. The lowest BCUT2D eigenvalue weighted by molar-refractivity contribution is -0.123. The van der Waals surface area contributed by atoms with Gasteiger partial charge in [0.25, 0.3) is 5.91 Å². The van der Waals surface area contributed by atoms with Crippen LogP contribution >= 0.6 is 47.2 Å². The average Bonchev–Trinajstić information content (AvgIpc) is 3.26. The second kappa shape index (κ2) is 8.36. The predicted molar refractivity (Wildman–Crippen MR) is 124 cm³/mol. The Labute approximate surface area is 188 Å². The van der Waals surface area contributed by atoms with Gasteiger partial charge < -0.3 is 4.42 Å². The van der Waals surface area contributed by atoms with Crippen LogP contribution in [0.2, 0.25) is 10.0 Å². The third kappa shape index (κ3) is 4.14. The van der Waals surface area contributed by atoms with Crippen LogP contribution in [0, 0.1) is 0 Å². The Morgan fingerprint density at radius 1 is 1.10 bits per heavy atom. The molecule has 7 heteroatoms. The predicted octanol–water partition coefficient (Wildman–Crippen LogP) is 7.22. The summed E-state index contributed by atoms with van der Waals surface area (Å²) in [7, 11) is 0. The van der Waals surface area contributed by atoms with Crippen LogP contribution in [0.5, 0.6) is 0 Å². The van der Waals surface area contributed by atoms with Crippen LogP contribution in [0.15, 0.2) is 70.0 Å². The Balaban J connectivity index is 1.59. The summed E-state index contributed by atoms with van der Waals surface area (Å²) in [6, 6.07) is 18.5. The van der Waals surface area contributed by atoms with Gasteiger partial charge in [0.05, 0.1) is 16.0 Å². The second-order valence-electron chi connectivity index (χ2n) is 6.46. The molecule has 1 unspecified atom stereocenters. The number of amides is 1. The maximum Gasteiger partial charge on any atom is 0.266 e. The molecule has 0 saturated carbocycles. The van der Waals surface area contributed by atoms with Crippen molar-refractivity contribution in [3.8, 4) is 11.3 Å². The monoisotopic (exact) mass is 459 g/mol. The molecule has 3 aromatic rings. The highest BCUT2D eigenvalue weighted by atomic mass is 35.5. The molecule has 3 nitrogen and oxygen atoms in total. The van der Waals surface area contributed by atoms with E-state index in [-0.39, 0.29) is 11.9 Å². The minimum Gasteiger partial charge on any atom is -0.457 e. The van der Waals surface area contributed by atoms with Gasteiger partial charge in [-0.25, -0.2) is 0 Å². The first-order chi connectivity index (χ1) is 13.9. The maximum atomic E-state index is 13.0. The summed E-state index contributed by atoms with van der Waals surface area (Å²) in [4.78, 5) is 15.1. The summed E-state index contributed by atoms with van der Waals surface area (Å²) in [5.74, 6) is 1.03. The van der Waals surface area contributed by atoms with Crippen molar-refractivity contribution in [1.82, 2.24) is 4.90 Å². The number of furan rings is 1. The lowest BCUT2D eigenvalue weighted by atomic mass is 10.1. The van der Waals surface area contributed by atoms with Crippen molar-refractivity contribution in [2.24, 2.45) is 0 Å². The molecule has 1 aliphatic rings. The van der Waals surface area contributed by atoms with Gasteiger partial charge in [0.15, 0.2) is 0 Å². The van der Waals surface area contributed by atoms with E-state index in [9.17, 15) is 4.79 Å². The highest BCUT2D eigenvalue weighted by Gasteiger charge is 2.36. The summed E-state index contributed by atoms with van der Waals surface area (Å²) in [6.07, 6.45) is 1.71. The number of hydrogen-bond acceptors (Lipinski definition) is 4. The molecular weight excluding hydrogens is 445 g/mol. The van der Waals surface area contributed by atoms with Crippen LogP contribution in [0.1, 0.15) is 24.3 Å². The number of thiocarbonyl (C=S) groups is 1. The molecule has 0 bridgehead atoms. The number of rotatable bonds is 4. The van der Waals surface area contributed by atoms with Crippen molar-refractivity contribution >= 4 is 63.5 Å². The highest BCUT2D eigenvalue weighted by Crippen LogP contribution is 2.39. The molecular formula is C22H15Cl2NO2S2. The highest BCUT2D eigenvalue weighted by molar-refractivity contribution is 8.26. The van der Waals surface area contributed by atoms with Crippen molar-refractivity contribution in [3.63, 3.8) is 0 Å². The molecule has 2 heterocycles. The van der Waals surface area contributed by atoms with E-state index in [1.54, 1.807) is 35.2 Å². The quantitative estimate of drug-likeness (QED) is 0.304. The third-order valence-electron chi connectivity index (χ3n) is 4.59. The zero-order chi connectivity index (χ0) is 20.5. The van der Waals surface area contributed by atoms with Crippen molar-refractivity contribution < 1.29 is 9.21 Å². The fraction of sp³-hybridized carbons (Fsp3) is 0.0909. The molecule has 1 amide bonds.